The molecule has 0 amide bonds. The Kier molecular flexibility index (Phi) is 4.95. The molecule has 1 unspecified atom stereocenters. The van der Waals surface area contributed by atoms with Gasteiger partial charge in [-0.3, -0.25) is 0 Å². The standard InChI is InChI=1S/C15H24N2S/c1-3-15-11-17(8-9-18-15)14-5-4-13(6-7-16)12(2)10-14/h4-5,10,15H,3,6-9,11,16H2,1-2H3. The highest BCUT2D eigenvalue weighted by molar-refractivity contribution is 8.00. The second-order valence-electron chi connectivity index (χ2n) is 5.00. The Morgan fingerprint density at radius 3 is 2.94 bits per heavy atom. The Morgan fingerprint density at radius 1 is 1.44 bits per heavy atom. The van der Waals surface area contributed by atoms with Crippen molar-refractivity contribution in [3.8, 4) is 0 Å². The van der Waals surface area contributed by atoms with E-state index in [1.807, 2.05) is 0 Å². The van der Waals surface area contributed by atoms with Crippen molar-refractivity contribution in [2.45, 2.75) is 31.9 Å². The van der Waals surface area contributed by atoms with Gasteiger partial charge in [-0.15, -0.1) is 0 Å². The minimum absolute atomic E-state index is 0.735. The maximum absolute atomic E-state index is 5.63. The van der Waals surface area contributed by atoms with Gasteiger partial charge in [-0.25, -0.2) is 0 Å². The fourth-order valence-electron chi connectivity index (χ4n) is 2.51. The average molecular weight is 264 g/mol. The lowest BCUT2D eigenvalue weighted by Crippen LogP contribution is -2.37. The van der Waals surface area contributed by atoms with Crippen LogP contribution in [0.25, 0.3) is 0 Å². The van der Waals surface area contributed by atoms with E-state index in [2.05, 4.69) is 48.7 Å². The lowest BCUT2D eigenvalue weighted by Gasteiger charge is -2.34. The molecule has 0 aromatic heterocycles. The molecular formula is C15H24N2S. The summed E-state index contributed by atoms with van der Waals surface area (Å²) in [6, 6.07) is 6.84. The van der Waals surface area contributed by atoms with E-state index in [0.717, 1.165) is 18.2 Å². The monoisotopic (exact) mass is 264 g/mol. The number of benzene rings is 1. The van der Waals surface area contributed by atoms with Gasteiger partial charge in [-0.05, 0) is 49.6 Å². The van der Waals surface area contributed by atoms with E-state index in [1.54, 1.807) is 0 Å². The van der Waals surface area contributed by atoms with Gasteiger partial charge in [0.15, 0.2) is 0 Å². The van der Waals surface area contributed by atoms with E-state index in [9.17, 15) is 0 Å². The van der Waals surface area contributed by atoms with Crippen LogP contribution in [0.3, 0.4) is 0 Å². The van der Waals surface area contributed by atoms with E-state index in [0.29, 0.717) is 0 Å². The van der Waals surface area contributed by atoms with Gasteiger partial charge in [-0.1, -0.05) is 13.0 Å². The minimum Gasteiger partial charge on any atom is -0.370 e. The van der Waals surface area contributed by atoms with Crippen molar-refractivity contribution < 1.29 is 0 Å². The summed E-state index contributed by atoms with van der Waals surface area (Å²) in [5.74, 6) is 1.25. The van der Waals surface area contributed by atoms with Crippen molar-refractivity contribution in [2.24, 2.45) is 5.73 Å². The quantitative estimate of drug-likeness (QED) is 0.907. The molecule has 1 aromatic rings. The number of nitrogens with two attached hydrogens (primary N) is 1. The van der Waals surface area contributed by atoms with Crippen LogP contribution in [0.1, 0.15) is 24.5 Å². The molecule has 100 valence electrons. The predicted octanol–water partition coefficient (Wildman–Crippen LogP) is 2.83. The Morgan fingerprint density at radius 2 is 2.28 bits per heavy atom. The molecule has 1 aromatic carbocycles. The van der Waals surface area contributed by atoms with Crippen molar-refractivity contribution in [3.63, 3.8) is 0 Å². The molecule has 1 atom stereocenters. The van der Waals surface area contributed by atoms with Crippen LogP contribution in [-0.2, 0) is 6.42 Å². The lowest BCUT2D eigenvalue weighted by molar-refractivity contribution is 0.728. The highest BCUT2D eigenvalue weighted by Gasteiger charge is 2.19. The second-order valence-corrected chi connectivity index (χ2v) is 6.40. The summed E-state index contributed by atoms with van der Waals surface area (Å²) in [4.78, 5) is 2.53. The predicted molar refractivity (Wildman–Crippen MR) is 82.7 cm³/mol. The first-order valence-electron chi connectivity index (χ1n) is 6.90. The van der Waals surface area contributed by atoms with Crippen LogP contribution in [0.4, 0.5) is 5.69 Å². The Balaban J connectivity index is 2.10. The van der Waals surface area contributed by atoms with Crippen LogP contribution in [0.5, 0.6) is 0 Å². The second kappa shape index (κ2) is 6.48. The third-order valence-corrected chi connectivity index (χ3v) is 5.07. The van der Waals surface area contributed by atoms with Crippen LogP contribution in [0.2, 0.25) is 0 Å². The summed E-state index contributed by atoms with van der Waals surface area (Å²) >= 11 is 2.12. The molecule has 2 N–H and O–H groups in total. The Labute approximate surface area is 115 Å². The van der Waals surface area contributed by atoms with Crippen LogP contribution in [-0.4, -0.2) is 30.6 Å². The van der Waals surface area contributed by atoms with Gasteiger partial charge in [-0.2, -0.15) is 11.8 Å². The Bertz CT molecular complexity index is 392. The van der Waals surface area contributed by atoms with Crippen molar-refractivity contribution in [3.05, 3.63) is 29.3 Å². The van der Waals surface area contributed by atoms with Gasteiger partial charge in [0.1, 0.15) is 0 Å². The van der Waals surface area contributed by atoms with Crippen LogP contribution >= 0.6 is 11.8 Å². The molecule has 0 spiro atoms. The fourth-order valence-corrected chi connectivity index (χ4v) is 3.69. The van der Waals surface area contributed by atoms with E-state index < -0.39 is 0 Å². The molecule has 2 nitrogen and oxygen atoms in total. The molecule has 1 heterocycles. The van der Waals surface area contributed by atoms with E-state index >= 15 is 0 Å². The zero-order valence-electron chi connectivity index (χ0n) is 11.5. The zero-order chi connectivity index (χ0) is 13.0. The van der Waals surface area contributed by atoms with Crippen molar-refractivity contribution >= 4 is 17.4 Å². The normalized spacial score (nSPS) is 20.2. The lowest BCUT2D eigenvalue weighted by atomic mass is 10.0. The number of rotatable bonds is 4. The summed E-state index contributed by atoms with van der Waals surface area (Å²) in [7, 11) is 0. The molecule has 1 fully saturated rings. The number of anilines is 1. The smallest absolute Gasteiger partial charge is 0.0369 e. The molecule has 0 aliphatic carbocycles. The first kappa shape index (κ1) is 13.8. The first-order valence-corrected chi connectivity index (χ1v) is 7.95. The summed E-state index contributed by atoms with van der Waals surface area (Å²) in [6.45, 7) is 7.59. The molecule has 3 heteroatoms. The third kappa shape index (κ3) is 3.21. The number of thioether (sulfide) groups is 1. The maximum atomic E-state index is 5.63. The van der Waals surface area contributed by atoms with E-state index in [4.69, 9.17) is 5.73 Å². The molecule has 1 saturated heterocycles. The van der Waals surface area contributed by atoms with Crippen LogP contribution < -0.4 is 10.6 Å². The van der Waals surface area contributed by atoms with Crippen molar-refractivity contribution in [1.82, 2.24) is 0 Å². The summed E-state index contributed by atoms with van der Waals surface area (Å²) in [5, 5.41) is 0.794. The fraction of sp³-hybridized carbons (Fsp3) is 0.600. The number of hydrogen-bond donors (Lipinski definition) is 1. The molecule has 0 bridgehead atoms. The van der Waals surface area contributed by atoms with Gasteiger partial charge in [0.25, 0.3) is 0 Å². The highest BCUT2D eigenvalue weighted by Crippen LogP contribution is 2.27. The van der Waals surface area contributed by atoms with Gasteiger partial charge in [0.05, 0.1) is 0 Å². The van der Waals surface area contributed by atoms with Crippen molar-refractivity contribution in [2.75, 3.05) is 30.3 Å². The number of hydrogen-bond acceptors (Lipinski definition) is 3. The highest BCUT2D eigenvalue weighted by atomic mass is 32.2. The van der Waals surface area contributed by atoms with E-state index in [1.165, 1.54) is 42.1 Å². The summed E-state index contributed by atoms with van der Waals surface area (Å²) in [6.07, 6.45) is 2.25. The molecule has 18 heavy (non-hydrogen) atoms. The summed E-state index contributed by atoms with van der Waals surface area (Å²) in [5.41, 5.74) is 9.78. The summed E-state index contributed by atoms with van der Waals surface area (Å²) < 4.78 is 0. The Hall–Kier alpha value is -0.670. The zero-order valence-corrected chi connectivity index (χ0v) is 12.3. The maximum Gasteiger partial charge on any atom is 0.0369 e. The minimum atomic E-state index is 0.735. The van der Waals surface area contributed by atoms with Gasteiger partial charge >= 0.3 is 0 Å². The largest absolute Gasteiger partial charge is 0.370 e. The third-order valence-electron chi connectivity index (χ3n) is 3.70. The number of aryl methyl sites for hydroxylation is 1. The molecule has 2 rings (SSSR count). The van der Waals surface area contributed by atoms with Crippen LogP contribution in [0.15, 0.2) is 18.2 Å². The SMILES string of the molecule is CCC1CN(c2ccc(CCN)c(C)c2)CCS1. The molecule has 0 saturated carbocycles. The molecule has 1 aliphatic rings. The first-order chi connectivity index (χ1) is 8.74. The van der Waals surface area contributed by atoms with Crippen LogP contribution in [0, 0.1) is 6.92 Å². The van der Waals surface area contributed by atoms with Gasteiger partial charge in [0, 0.05) is 29.8 Å². The number of nitrogens with zero attached hydrogens (tertiary/aromatic N) is 1. The van der Waals surface area contributed by atoms with Crippen molar-refractivity contribution in [1.29, 1.82) is 0 Å². The molecule has 1 aliphatic heterocycles. The average Bonchev–Trinajstić information content (AvgIpc) is 2.41. The van der Waals surface area contributed by atoms with Gasteiger partial charge < -0.3 is 10.6 Å². The molecular weight excluding hydrogens is 240 g/mol. The van der Waals surface area contributed by atoms with Gasteiger partial charge in [0.2, 0.25) is 0 Å². The topological polar surface area (TPSA) is 29.3 Å². The van der Waals surface area contributed by atoms with E-state index in [-0.39, 0.29) is 0 Å². The molecule has 0 radical (unpaired) electrons.